The summed E-state index contributed by atoms with van der Waals surface area (Å²) in [6, 6.07) is 7.20. The Balaban J connectivity index is 2.21. The fraction of sp³-hybridized carbons (Fsp3) is 0.0769. The molecule has 4 nitrogen and oxygen atoms in total. The number of carbonyl (C=O) groups excluding carboxylic acids is 1. The van der Waals surface area contributed by atoms with Crippen molar-refractivity contribution in [2.45, 2.75) is 6.92 Å². The van der Waals surface area contributed by atoms with Crippen LogP contribution in [0.15, 0.2) is 42.7 Å². The molecule has 18 heavy (non-hydrogen) atoms. The summed E-state index contributed by atoms with van der Waals surface area (Å²) >= 11 is 0. The van der Waals surface area contributed by atoms with Crippen LogP contribution in [0.3, 0.4) is 0 Å². The number of nitrogens with zero attached hydrogens (tertiary/aromatic N) is 1. The normalized spacial score (nSPS) is 10.1. The first kappa shape index (κ1) is 12.0. The van der Waals surface area contributed by atoms with Gasteiger partial charge in [-0.05, 0) is 24.6 Å². The number of hydrogen-bond donors (Lipinski definition) is 1. The van der Waals surface area contributed by atoms with Crippen LogP contribution in [0.5, 0.6) is 0 Å². The molecule has 0 saturated carbocycles. The number of rotatable bonds is 2. The van der Waals surface area contributed by atoms with E-state index in [0.29, 0.717) is 10.3 Å². The van der Waals surface area contributed by atoms with E-state index in [4.69, 9.17) is 0 Å². The molecule has 92 valence electrons. The van der Waals surface area contributed by atoms with Gasteiger partial charge in [0.25, 0.3) is 5.91 Å². The minimum atomic E-state index is -0.497. The topological polar surface area (TPSA) is 56.0 Å². The molecule has 0 saturated heterocycles. The van der Waals surface area contributed by atoms with Gasteiger partial charge in [0.05, 0.1) is 11.3 Å². The van der Waals surface area contributed by atoms with Crippen molar-refractivity contribution < 1.29 is 13.9 Å². The lowest BCUT2D eigenvalue weighted by Crippen LogP contribution is -2.25. The van der Waals surface area contributed by atoms with Crippen molar-refractivity contribution in [3.05, 3.63) is 64.9 Å². The Morgan fingerprint density at radius 1 is 1.28 bits per heavy atom. The highest BCUT2D eigenvalue weighted by Gasteiger charge is 2.10. The number of pyridine rings is 1. The fourth-order valence-electron chi connectivity index (χ4n) is 1.49. The molecule has 2 aromatic rings. The molecule has 2 rings (SSSR count). The largest absolute Gasteiger partial charge is 0.619 e. The zero-order chi connectivity index (χ0) is 13.1. The van der Waals surface area contributed by atoms with Crippen molar-refractivity contribution in [1.29, 1.82) is 0 Å². The summed E-state index contributed by atoms with van der Waals surface area (Å²) in [7, 11) is 0. The molecule has 1 amide bonds. The summed E-state index contributed by atoms with van der Waals surface area (Å²) in [4.78, 5) is 11.8. The molecule has 0 fully saturated rings. The van der Waals surface area contributed by atoms with Crippen LogP contribution in [0.4, 0.5) is 10.1 Å². The standard InChI is InChI=1S/C13H11FN2O2/c1-9-2-3-11(14)12(8-9)15-13(17)10-4-6-16(18)7-5-10/h2-8H,1H3,(H,15,17). The lowest BCUT2D eigenvalue weighted by molar-refractivity contribution is -0.605. The van der Waals surface area contributed by atoms with Crippen LogP contribution in [-0.4, -0.2) is 5.91 Å². The first-order valence-electron chi connectivity index (χ1n) is 5.32. The van der Waals surface area contributed by atoms with Gasteiger partial charge in [-0.25, -0.2) is 4.39 Å². The Morgan fingerprint density at radius 2 is 1.94 bits per heavy atom. The molecule has 1 aromatic heterocycles. The maximum atomic E-state index is 13.4. The van der Waals surface area contributed by atoms with Crippen LogP contribution >= 0.6 is 0 Å². The van der Waals surface area contributed by atoms with Gasteiger partial charge in [-0.15, -0.1) is 0 Å². The van der Waals surface area contributed by atoms with Gasteiger partial charge in [0, 0.05) is 12.1 Å². The van der Waals surface area contributed by atoms with Gasteiger partial charge in [0.2, 0.25) is 0 Å². The molecule has 0 bridgehead atoms. The molecular formula is C13H11FN2O2. The molecular weight excluding hydrogens is 235 g/mol. The van der Waals surface area contributed by atoms with Crippen LogP contribution in [0, 0.1) is 17.9 Å². The Morgan fingerprint density at radius 3 is 2.61 bits per heavy atom. The maximum Gasteiger partial charge on any atom is 0.256 e. The summed E-state index contributed by atoms with van der Waals surface area (Å²) in [6.07, 6.45) is 2.42. The molecule has 0 aliphatic rings. The predicted molar refractivity (Wildman–Crippen MR) is 64.5 cm³/mol. The number of nitrogens with one attached hydrogen (secondary N) is 1. The Bertz CT molecular complexity index is 582. The molecule has 0 aliphatic heterocycles. The second kappa shape index (κ2) is 4.83. The predicted octanol–water partition coefficient (Wildman–Crippen LogP) is 2.02. The number of anilines is 1. The molecule has 0 spiro atoms. The third kappa shape index (κ3) is 2.63. The number of aryl methyl sites for hydroxylation is 1. The molecule has 1 N–H and O–H groups in total. The van der Waals surface area contributed by atoms with Crippen molar-refractivity contribution in [2.75, 3.05) is 5.32 Å². The first-order chi connectivity index (χ1) is 8.56. The van der Waals surface area contributed by atoms with Crippen LogP contribution < -0.4 is 10.0 Å². The average molecular weight is 246 g/mol. The Kier molecular flexibility index (Phi) is 3.23. The monoisotopic (exact) mass is 246 g/mol. The van der Waals surface area contributed by atoms with E-state index in [1.807, 2.05) is 0 Å². The molecule has 1 aromatic carbocycles. The number of amides is 1. The molecule has 0 unspecified atom stereocenters. The number of halogens is 1. The van der Waals surface area contributed by atoms with Crippen molar-refractivity contribution in [3.8, 4) is 0 Å². The van der Waals surface area contributed by atoms with Crippen molar-refractivity contribution in [2.24, 2.45) is 0 Å². The molecule has 0 atom stereocenters. The lowest BCUT2D eigenvalue weighted by atomic mass is 10.2. The SMILES string of the molecule is Cc1ccc(F)c(NC(=O)c2cc[n+]([O-])cc2)c1. The van der Waals surface area contributed by atoms with Crippen LogP contribution in [0.2, 0.25) is 0 Å². The summed E-state index contributed by atoms with van der Waals surface area (Å²) in [5, 5.41) is 13.3. The molecule has 0 aliphatic carbocycles. The van der Waals surface area contributed by atoms with Crippen molar-refractivity contribution in [1.82, 2.24) is 0 Å². The van der Waals surface area contributed by atoms with Crippen LogP contribution in [-0.2, 0) is 0 Å². The third-order valence-corrected chi connectivity index (χ3v) is 2.43. The van der Waals surface area contributed by atoms with Crippen LogP contribution in [0.25, 0.3) is 0 Å². The van der Waals surface area contributed by atoms with E-state index in [2.05, 4.69) is 5.32 Å². The number of carbonyl (C=O) groups is 1. The summed E-state index contributed by atoms with van der Waals surface area (Å²) in [6.45, 7) is 1.80. The minimum Gasteiger partial charge on any atom is -0.619 e. The van der Waals surface area contributed by atoms with Gasteiger partial charge in [-0.3, -0.25) is 4.79 Å². The summed E-state index contributed by atoms with van der Waals surface area (Å²) in [5.41, 5.74) is 1.26. The van der Waals surface area contributed by atoms with E-state index in [1.165, 1.54) is 30.6 Å². The third-order valence-electron chi connectivity index (χ3n) is 2.43. The number of aromatic nitrogens is 1. The average Bonchev–Trinajstić information content (AvgIpc) is 2.34. The zero-order valence-corrected chi connectivity index (χ0v) is 9.68. The van der Waals surface area contributed by atoms with Gasteiger partial charge in [-0.2, -0.15) is 4.73 Å². The maximum absolute atomic E-state index is 13.4. The highest BCUT2D eigenvalue weighted by Crippen LogP contribution is 2.16. The molecule has 5 heteroatoms. The van der Waals surface area contributed by atoms with Gasteiger partial charge in [0.15, 0.2) is 12.4 Å². The molecule has 0 radical (unpaired) electrons. The highest BCUT2D eigenvalue weighted by atomic mass is 19.1. The second-order valence-corrected chi connectivity index (χ2v) is 3.88. The van der Waals surface area contributed by atoms with Gasteiger partial charge >= 0.3 is 0 Å². The number of benzene rings is 1. The van der Waals surface area contributed by atoms with Gasteiger partial charge in [-0.1, -0.05) is 6.07 Å². The summed E-state index contributed by atoms with van der Waals surface area (Å²) in [5.74, 6) is -0.955. The van der Waals surface area contributed by atoms with E-state index in [0.717, 1.165) is 5.56 Å². The second-order valence-electron chi connectivity index (χ2n) is 3.88. The van der Waals surface area contributed by atoms with E-state index in [1.54, 1.807) is 19.1 Å². The molecule has 1 heterocycles. The van der Waals surface area contributed by atoms with Crippen LogP contribution in [0.1, 0.15) is 15.9 Å². The summed E-state index contributed by atoms with van der Waals surface area (Å²) < 4.78 is 14.0. The Hall–Kier alpha value is -2.43. The Labute approximate surface area is 103 Å². The zero-order valence-electron chi connectivity index (χ0n) is 9.68. The van der Waals surface area contributed by atoms with Crippen molar-refractivity contribution >= 4 is 11.6 Å². The van der Waals surface area contributed by atoms with E-state index < -0.39 is 11.7 Å². The minimum absolute atomic E-state index is 0.124. The smallest absolute Gasteiger partial charge is 0.256 e. The van der Waals surface area contributed by atoms with Crippen molar-refractivity contribution in [3.63, 3.8) is 0 Å². The fourth-order valence-corrected chi connectivity index (χ4v) is 1.49. The van der Waals surface area contributed by atoms with E-state index in [-0.39, 0.29) is 5.69 Å². The van der Waals surface area contributed by atoms with Gasteiger partial charge in [0.1, 0.15) is 5.82 Å². The highest BCUT2D eigenvalue weighted by molar-refractivity contribution is 6.04. The van der Waals surface area contributed by atoms with E-state index in [9.17, 15) is 14.4 Å². The number of hydrogen-bond acceptors (Lipinski definition) is 2. The van der Waals surface area contributed by atoms with E-state index >= 15 is 0 Å². The lowest BCUT2D eigenvalue weighted by Gasteiger charge is -2.07. The van der Waals surface area contributed by atoms with Gasteiger partial charge < -0.3 is 10.5 Å². The quantitative estimate of drug-likeness (QED) is 0.651. The first-order valence-corrected chi connectivity index (χ1v) is 5.32.